The summed E-state index contributed by atoms with van der Waals surface area (Å²) < 4.78 is 18.6. The molecule has 0 spiro atoms. The van der Waals surface area contributed by atoms with Crippen molar-refractivity contribution >= 4 is 5.91 Å². The molecular weight excluding hydrogens is 348 g/mol. The SMILES string of the molecule is Cc1ccoc1C(=O)N1CCOC(COc2ccc(-n3cncn3)cc2)C1. The minimum Gasteiger partial charge on any atom is -0.491 e. The molecule has 1 atom stereocenters. The Morgan fingerprint density at radius 3 is 2.85 bits per heavy atom. The lowest BCUT2D eigenvalue weighted by molar-refractivity contribution is -0.0408. The normalized spacial score (nSPS) is 17.1. The highest BCUT2D eigenvalue weighted by atomic mass is 16.5. The Morgan fingerprint density at radius 2 is 2.15 bits per heavy atom. The molecule has 0 aliphatic carbocycles. The molecule has 1 amide bonds. The van der Waals surface area contributed by atoms with Crippen LogP contribution in [0.3, 0.4) is 0 Å². The van der Waals surface area contributed by atoms with Crippen molar-refractivity contribution in [3.8, 4) is 11.4 Å². The minimum absolute atomic E-state index is 0.108. The molecule has 0 bridgehead atoms. The van der Waals surface area contributed by atoms with Crippen LogP contribution in [-0.2, 0) is 4.74 Å². The maximum absolute atomic E-state index is 12.6. The first-order chi connectivity index (χ1) is 13.2. The summed E-state index contributed by atoms with van der Waals surface area (Å²) in [5.74, 6) is 1.01. The predicted molar refractivity (Wildman–Crippen MR) is 95.9 cm³/mol. The fraction of sp³-hybridized carbons (Fsp3) is 0.316. The highest BCUT2D eigenvalue weighted by Gasteiger charge is 2.27. The highest BCUT2D eigenvalue weighted by molar-refractivity contribution is 5.92. The van der Waals surface area contributed by atoms with E-state index in [-0.39, 0.29) is 12.0 Å². The van der Waals surface area contributed by atoms with Gasteiger partial charge in [-0.05, 0) is 37.3 Å². The molecule has 0 saturated carbocycles. The molecule has 3 aromatic rings. The third kappa shape index (κ3) is 3.85. The largest absolute Gasteiger partial charge is 0.491 e. The van der Waals surface area contributed by atoms with Gasteiger partial charge in [0.05, 0.1) is 25.1 Å². The minimum atomic E-state index is -0.187. The number of furan rings is 1. The molecule has 3 heterocycles. The fourth-order valence-electron chi connectivity index (χ4n) is 2.97. The van der Waals surface area contributed by atoms with Crippen molar-refractivity contribution in [1.29, 1.82) is 0 Å². The van der Waals surface area contributed by atoms with Crippen LogP contribution in [0, 0.1) is 6.92 Å². The smallest absolute Gasteiger partial charge is 0.289 e. The summed E-state index contributed by atoms with van der Waals surface area (Å²) in [6, 6.07) is 9.34. The van der Waals surface area contributed by atoms with Gasteiger partial charge in [-0.1, -0.05) is 0 Å². The number of aromatic nitrogens is 3. The second-order valence-electron chi connectivity index (χ2n) is 6.32. The summed E-state index contributed by atoms with van der Waals surface area (Å²) in [6.07, 6.45) is 4.47. The van der Waals surface area contributed by atoms with Gasteiger partial charge in [0.2, 0.25) is 0 Å². The summed E-state index contributed by atoms with van der Waals surface area (Å²) >= 11 is 0. The Bertz CT molecular complexity index is 889. The van der Waals surface area contributed by atoms with E-state index in [2.05, 4.69) is 10.1 Å². The Labute approximate surface area is 156 Å². The molecule has 1 unspecified atom stereocenters. The van der Waals surface area contributed by atoms with Gasteiger partial charge in [0.1, 0.15) is 31.1 Å². The number of hydrogen-bond acceptors (Lipinski definition) is 6. The number of hydrogen-bond donors (Lipinski definition) is 0. The first-order valence-electron chi connectivity index (χ1n) is 8.73. The average Bonchev–Trinajstić information content (AvgIpc) is 3.38. The van der Waals surface area contributed by atoms with E-state index in [0.717, 1.165) is 17.0 Å². The monoisotopic (exact) mass is 368 g/mol. The van der Waals surface area contributed by atoms with Crippen molar-refractivity contribution in [1.82, 2.24) is 19.7 Å². The van der Waals surface area contributed by atoms with Crippen LogP contribution in [0.1, 0.15) is 16.1 Å². The van der Waals surface area contributed by atoms with Crippen molar-refractivity contribution in [3.05, 3.63) is 60.6 Å². The fourth-order valence-corrected chi connectivity index (χ4v) is 2.97. The zero-order valence-electron chi connectivity index (χ0n) is 14.9. The van der Waals surface area contributed by atoms with Gasteiger partial charge in [0, 0.05) is 12.1 Å². The predicted octanol–water partition coefficient (Wildman–Crippen LogP) is 2.09. The van der Waals surface area contributed by atoms with Crippen LogP contribution in [0.4, 0.5) is 0 Å². The number of nitrogens with zero attached hydrogens (tertiary/aromatic N) is 4. The topological polar surface area (TPSA) is 82.6 Å². The molecule has 0 N–H and O–H groups in total. The van der Waals surface area contributed by atoms with E-state index in [1.165, 1.54) is 12.6 Å². The summed E-state index contributed by atoms with van der Waals surface area (Å²) in [7, 11) is 0. The van der Waals surface area contributed by atoms with Crippen LogP contribution in [-0.4, -0.2) is 58.0 Å². The van der Waals surface area contributed by atoms with E-state index in [1.54, 1.807) is 22.0 Å². The van der Waals surface area contributed by atoms with E-state index < -0.39 is 0 Å². The van der Waals surface area contributed by atoms with Crippen LogP contribution >= 0.6 is 0 Å². The van der Waals surface area contributed by atoms with Crippen molar-refractivity contribution in [2.45, 2.75) is 13.0 Å². The van der Waals surface area contributed by atoms with E-state index in [9.17, 15) is 4.79 Å². The van der Waals surface area contributed by atoms with Crippen LogP contribution < -0.4 is 4.74 Å². The van der Waals surface area contributed by atoms with Crippen LogP contribution in [0.2, 0.25) is 0 Å². The van der Waals surface area contributed by atoms with Crippen molar-refractivity contribution in [2.75, 3.05) is 26.3 Å². The molecule has 27 heavy (non-hydrogen) atoms. The number of benzene rings is 1. The first kappa shape index (κ1) is 17.3. The van der Waals surface area contributed by atoms with Crippen molar-refractivity contribution in [3.63, 3.8) is 0 Å². The lowest BCUT2D eigenvalue weighted by Gasteiger charge is -2.32. The standard InChI is InChI=1S/C19H20N4O4/c1-14-6-8-26-18(14)19(24)22-7-9-25-17(10-22)11-27-16-4-2-15(3-5-16)23-13-20-12-21-23/h2-6,8,12-13,17H,7,9-11H2,1H3. The lowest BCUT2D eigenvalue weighted by atomic mass is 10.2. The van der Waals surface area contributed by atoms with Gasteiger partial charge in [-0.2, -0.15) is 5.10 Å². The molecule has 8 nitrogen and oxygen atoms in total. The zero-order chi connectivity index (χ0) is 18.6. The maximum atomic E-state index is 12.6. The Morgan fingerprint density at radius 1 is 1.30 bits per heavy atom. The van der Waals surface area contributed by atoms with E-state index in [4.69, 9.17) is 13.9 Å². The second kappa shape index (κ2) is 7.63. The molecule has 1 aliphatic rings. The highest BCUT2D eigenvalue weighted by Crippen LogP contribution is 2.18. The number of amides is 1. The van der Waals surface area contributed by atoms with Gasteiger partial charge in [0.15, 0.2) is 5.76 Å². The van der Waals surface area contributed by atoms with E-state index in [1.807, 2.05) is 31.2 Å². The summed E-state index contributed by atoms with van der Waals surface area (Å²) in [4.78, 5) is 18.2. The second-order valence-corrected chi connectivity index (χ2v) is 6.32. The number of ether oxygens (including phenoxy) is 2. The van der Waals surface area contributed by atoms with Gasteiger partial charge in [-0.25, -0.2) is 9.67 Å². The summed E-state index contributed by atoms with van der Waals surface area (Å²) in [5.41, 5.74) is 1.74. The van der Waals surface area contributed by atoms with Gasteiger partial charge < -0.3 is 18.8 Å². The Hall–Kier alpha value is -3.13. The van der Waals surface area contributed by atoms with Gasteiger partial charge >= 0.3 is 0 Å². The Kier molecular flexibility index (Phi) is 4.88. The molecular formula is C19H20N4O4. The number of morpholine rings is 1. The average molecular weight is 368 g/mol. The van der Waals surface area contributed by atoms with Gasteiger partial charge in [-0.15, -0.1) is 0 Å². The van der Waals surface area contributed by atoms with Crippen molar-refractivity contribution < 1.29 is 18.7 Å². The van der Waals surface area contributed by atoms with Crippen LogP contribution in [0.15, 0.2) is 53.7 Å². The van der Waals surface area contributed by atoms with Crippen molar-refractivity contribution in [2.24, 2.45) is 0 Å². The summed E-state index contributed by atoms with van der Waals surface area (Å²) in [6.45, 7) is 3.72. The van der Waals surface area contributed by atoms with Gasteiger partial charge in [0.25, 0.3) is 5.91 Å². The molecule has 1 saturated heterocycles. The van der Waals surface area contributed by atoms with Gasteiger partial charge in [-0.3, -0.25) is 4.79 Å². The lowest BCUT2D eigenvalue weighted by Crippen LogP contribution is -2.47. The quantitative estimate of drug-likeness (QED) is 0.686. The molecule has 1 fully saturated rings. The third-order valence-electron chi connectivity index (χ3n) is 4.44. The molecule has 1 aliphatic heterocycles. The summed E-state index contributed by atoms with van der Waals surface area (Å²) in [5, 5.41) is 4.09. The van der Waals surface area contributed by atoms with E-state index in [0.29, 0.717) is 32.1 Å². The maximum Gasteiger partial charge on any atom is 0.289 e. The number of carbonyl (C=O) groups is 1. The number of rotatable bonds is 5. The van der Waals surface area contributed by atoms with E-state index >= 15 is 0 Å². The third-order valence-corrected chi connectivity index (χ3v) is 4.44. The van der Waals surface area contributed by atoms with Crippen LogP contribution in [0.5, 0.6) is 5.75 Å². The first-order valence-corrected chi connectivity index (χ1v) is 8.73. The molecule has 2 aromatic heterocycles. The molecule has 140 valence electrons. The zero-order valence-corrected chi connectivity index (χ0v) is 14.9. The molecule has 0 radical (unpaired) electrons. The van der Waals surface area contributed by atoms with Crippen LogP contribution in [0.25, 0.3) is 5.69 Å². The number of carbonyl (C=O) groups excluding carboxylic acids is 1. The molecule has 8 heteroatoms. The molecule has 4 rings (SSSR count). The Balaban J connectivity index is 1.33. The molecule has 1 aromatic carbocycles. The number of aryl methyl sites for hydroxylation is 1.